The van der Waals surface area contributed by atoms with Gasteiger partial charge < -0.3 is 21.5 Å². The summed E-state index contributed by atoms with van der Waals surface area (Å²) in [5.41, 5.74) is 14.5. The molecule has 1 amide bonds. The first-order valence-electron chi connectivity index (χ1n) is 7.46. The molecule has 0 saturated carbocycles. The van der Waals surface area contributed by atoms with Crippen molar-refractivity contribution in [3.8, 4) is 16.9 Å². The molecule has 0 bridgehead atoms. The van der Waals surface area contributed by atoms with E-state index in [-0.39, 0.29) is 11.9 Å². The van der Waals surface area contributed by atoms with Crippen LogP contribution in [0.5, 0.6) is 5.75 Å². The minimum absolute atomic E-state index is 0.121. The lowest BCUT2D eigenvalue weighted by Crippen LogP contribution is -2.08. The number of carbonyl (C=O) groups is 1. The summed E-state index contributed by atoms with van der Waals surface area (Å²) in [5.74, 6) is 0.691. The van der Waals surface area contributed by atoms with E-state index in [1.165, 1.54) is 13.2 Å². The number of benzene rings is 2. The molecule has 7 nitrogen and oxygen atoms in total. The topological polar surface area (TPSA) is 116 Å². The van der Waals surface area contributed by atoms with E-state index in [4.69, 9.17) is 16.2 Å². The number of nitrogens with two attached hydrogens (primary N) is 2. The highest BCUT2D eigenvalue weighted by molar-refractivity contribution is 6.00. The van der Waals surface area contributed by atoms with Crippen LogP contribution in [0.1, 0.15) is 0 Å². The number of ether oxygens (including phenoxy) is 1. The summed E-state index contributed by atoms with van der Waals surface area (Å²) in [6, 6.07) is 11.1. The van der Waals surface area contributed by atoms with Crippen LogP contribution in [0.4, 0.5) is 17.5 Å². The number of fused-ring (bicyclic) bond motifs is 1. The van der Waals surface area contributed by atoms with Crippen molar-refractivity contribution in [3.05, 3.63) is 49.1 Å². The second-order valence-electron chi connectivity index (χ2n) is 5.31. The summed E-state index contributed by atoms with van der Waals surface area (Å²) in [7, 11) is 1.54. The van der Waals surface area contributed by atoms with E-state index >= 15 is 0 Å². The zero-order valence-corrected chi connectivity index (χ0v) is 13.6. The van der Waals surface area contributed by atoms with Gasteiger partial charge in [0.25, 0.3) is 0 Å². The number of rotatable bonds is 4. The van der Waals surface area contributed by atoms with Crippen molar-refractivity contribution in [1.82, 2.24) is 9.97 Å². The number of carbonyl (C=O) groups excluding carboxylic acids is 1. The van der Waals surface area contributed by atoms with Crippen molar-refractivity contribution in [1.29, 1.82) is 0 Å². The van der Waals surface area contributed by atoms with Crippen LogP contribution in [0, 0.1) is 0 Å². The monoisotopic (exact) mass is 335 g/mol. The number of nitrogen functional groups attached to an aromatic ring is 2. The lowest BCUT2D eigenvalue weighted by atomic mass is 10.0. The van der Waals surface area contributed by atoms with Crippen molar-refractivity contribution in [2.24, 2.45) is 0 Å². The Morgan fingerprint density at radius 3 is 2.60 bits per heavy atom. The molecular formula is C18H17N5O2. The maximum Gasteiger partial charge on any atom is 0.247 e. The molecule has 0 aliphatic carbocycles. The molecule has 0 unspecified atom stereocenters. The Kier molecular flexibility index (Phi) is 4.21. The molecule has 3 aromatic rings. The largest absolute Gasteiger partial charge is 0.495 e. The minimum Gasteiger partial charge on any atom is -0.495 e. The number of methoxy groups -OCH3 is 1. The van der Waals surface area contributed by atoms with Gasteiger partial charge in [-0.25, -0.2) is 4.98 Å². The molecule has 0 fully saturated rings. The first kappa shape index (κ1) is 16.3. The number of anilines is 3. The van der Waals surface area contributed by atoms with Gasteiger partial charge in [-0.05, 0) is 41.5 Å². The van der Waals surface area contributed by atoms with Crippen LogP contribution >= 0.6 is 0 Å². The highest BCUT2D eigenvalue weighted by Gasteiger charge is 2.10. The fourth-order valence-corrected chi connectivity index (χ4v) is 2.52. The van der Waals surface area contributed by atoms with Crippen LogP contribution in [-0.4, -0.2) is 23.0 Å². The van der Waals surface area contributed by atoms with Gasteiger partial charge in [-0.15, -0.1) is 0 Å². The zero-order chi connectivity index (χ0) is 18.0. The number of amides is 1. The maximum absolute atomic E-state index is 11.6. The summed E-state index contributed by atoms with van der Waals surface area (Å²) in [4.78, 5) is 19.8. The summed E-state index contributed by atoms with van der Waals surface area (Å²) < 4.78 is 5.28. The Labute approximate surface area is 144 Å². The van der Waals surface area contributed by atoms with Gasteiger partial charge in [0.15, 0.2) is 0 Å². The first-order valence-corrected chi connectivity index (χ1v) is 7.46. The number of hydrogen-bond donors (Lipinski definition) is 3. The molecule has 0 spiro atoms. The van der Waals surface area contributed by atoms with E-state index in [2.05, 4.69) is 21.9 Å². The maximum atomic E-state index is 11.6. The zero-order valence-electron chi connectivity index (χ0n) is 13.6. The summed E-state index contributed by atoms with van der Waals surface area (Å²) in [5, 5.41) is 3.46. The fourth-order valence-electron chi connectivity index (χ4n) is 2.52. The summed E-state index contributed by atoms with van der Waals surface area (Å²) in [6.07, 6.45) is 1.20. The standard InChI is InChI=1S/C18H17N5O2/c1-3-16(24)21-14-9-11(5-7-15(14)25-2)10-4-6-12-13(8-10)22-18(20)23-17(12)19/h3-9H,1H2,2H3,(H,21,24)(H4,19,20,22,23). The van der Waals surface area contributed by atoms with E-state index in [1.54, 1.807) is 6.07 Å². The van der Waals surface area contributed by atoms with Crippen LogP contribution in [0.15, 0.2) is 49.1 Å². The number of aromatic nitrogens is 2. The third kappa shape index (κ3) is 3.20. The molecule has 0 saturated heterocycles. The average molecular weight is 335 g/mol. The Bertz CT molecular complexity index is 985. The molecule has 1 heterocycles. The van der Waals surface area contributed by atoms with Gasteiger partial charge in [0.05, 0.1) is 18.3 Å². The SMILES string of the molecule is C=CC(=O)Nc1cc(-c2ccc3c(N)nc(N)nc3c2)ccc1OC. The van der Waals surface area contributed by atoms with Gasteiger partial charge in [-0.2, -0.15) is 4.98 Å². The van der Waals surface area contributed by atoms with Gasteiger partial charge in [0.2, 0.25) is 11.9 Å². The lowest BCUT2D eigenvalue weighted by Gasteiger charge is -2.12. The van der Waals surface area contributed by atoms with Crippen LogP contribution in [0.3, 0.4) is 0 Å². The molecule has 25 heavy (non-hydrogen) atoms. The van der Waals surface area contributed by atoms with Crippen LogP contribution < -0.4 is 21.5 Å². The highest BCUT2D eigenvalue weighted by Crippen LogP contribution is 2.32. The minimum atomic E-state index is -0.317. The summed E-state index contributed by atoms with van der Waals surface area (Å²) in [6.45, 7) is 3.45. The van der Waals surface area contributed by atoms with Crippen molar-refractivity contribution in [2.45, 2.75) is 0 Å². The molecule has 0 radical (unpaired) electrons. The van der Waals surface area contributed by atoms with Gasteiger partial charge >= 0.3 is 0 Å². The van der Waals surface area contributed by atoms with E-state index < -0.39 is 0 Å². The molecule has 126 valence electrons. The first-order chi connectivity index (χ1) is 12.0. The third-order valence-corrected chi connectivity index (χ3v) is 3.72. The molecular weight excluding hydrogens is 318 g/mol. The lowest BCUT2D eigenvalue weighted by molar-refractivity contribution is -0.111. The number of nitrogens with one attached hydrogen (secondary N) is 1. The summed E-state index contributed by atoms with van der Waals surface area (Å²) >= 11 is 0. The van der Waals surface area contributed by atoms with E-state index in [0.29, 0.717) is 22.8 Å². The smallest absolute Gasteiger partial charge is 0.247 e. The average Bonchev–Trinajstić information content (AvgIpc) is 2.60. The van der Waals surface area contributed by atoms with E-state index in [9.17, 15) is 4.79 Å². The van der Waals surface area contributed by atoms with Crippen LogP contribution in [0.2, 0.25) is 0 Å². The molecule has 7 heteroatoms. The molecule has 3 rings (SSSR count). The molecule has 0 aliphatic rings. The molecule has 5 N–H and O–H groups in total. The van der Waals surface area contributed by atoms with Gasteiger partial charge in [0.1, 0.15) is 11.6 Å². The van der Waals surface area contributed by atoms with Crippen molar-refractivity contribution < 1.29 is 9.53 Å². The van der Waals surface area contributed by atoms with E-state index in [1.807, 2.05) is 30.3 Å². The fraction of sp³-hybridized carbons (Fsp3) is 0.0556. The number of hydrogen-bond acceptors (Lipinski definition) is 6. The normalized spacial score (nSPS) is 10.4. The van der Waals surface area contributed by atoms with E-state index in [0.717, 1.165) is 16.5 Å². The predicted octanol–water partition coefficient (Wildman–Crippen LogP) is 2.59. The highest BCUT2D eigenvalue weighted by atomic mass is 16.5. The Morgan fingerprint density at radius 2 is 1.88 bits per heavy atom. The van der Waals surface area contributed by atoms with Crippen molar-refractivity contribution in [3.63, 3.8) is 0 Å². The predicted molar refractivity (Wildman–Crippen MR) is 99.2 cm³/mol. The van der Waals surface area contributed by atoms with Gasteiger partial charge in [-0.3, -0.25) is 4.79 Å². The molecule has 0 aliphatic heterocycles. The van der Waals surface area contributed by atoms with Crippen LogP contribution in [-0.2, 0) is 4.79 Å². The molecule has 1 aromatic heterocycles. The molecule has 0 atom stereocenters. The second kappa shape index (κ2) is 6.48. The van der Waals surface area contributed by atoms with Crippen molar-refractivity contribution in [2.75, 3.05) is 23.9 Å². The Hall–Kier alpha value is -3.61. The Morgan fingerprint density at radius 1 is 1.16 bits per heavy atom. The van der Waals surface area contributed by atoms with Gasteiger partial charge in [0, 0.05) is 5.39 Å². The number of nitrogens with zero attached hydrogens (tertiary/aromatic N) is 2. The Balaban J connectivity index is 2.09. The quantitative estimate of drug-likeness (QED) is 0.631. The van der Waals surface area contributed by atoms with Gasteiger partial charge in [-0.1, -0.05) is 18.7 Å². The van der Waals surface area contributed by atoms with Crippen molar-refractivity contribution >= 4 is 34.3 Å². The molecule has 2 aromatic carbocycles. The van der Waals surface area contributed by atoms with Crippen LogP contribution in [0.25, 0.3) is 22.0 Å². The second-order valence-corrected chi connectivity index (χ2v) is 5.31. The third-order valence-electron chi connectivity index (χ3n) is 3.72.